The van der Waals surface area contributed by atoms with Crippen LogP contribution in [0.4, 0.5) is 13.2 Å². The normalized spacial score (nSPS) is 12.9. The van der Waals surface area contributed by atoms with Gasteiger partial charge in [-0.25, -0.2) is 4.68 Å². The third-order valence-electron chi connectivity index (χ3n) is 2.85. The van der Waals surface area contributed by atoms with Gasteiger partial charge in [0.2, 0.25) is 5.16 Å². The first-order valence-electron chi connectivity index (χ1n) is 6.48. The summed E-state index contributed by atoms with van der Waals surface area (Å²) < 4.78 is 42.9. The van der Waals surface area contributed by atoms with Crippen LogP contribution in [0.5, 0.6) is 5.75 Å². The highest BCUT2D eigenvalue weighted by Crippen LogP contribution is 2.26. The molecule has 0 saturated carbocycles. The number of halogens is 3. The number of hydrogen-bond acceptors (Lipinski definition) is 6. The van der Waals surface area contributed by atoms with Crippen molar-refractivity contribution in [1.29, 1.82) is 0 Å². The predicted molar refractivity (Wildman–Crippen MR) is 76.5 cm³/mol. The van der Waals surface area contributed by atoms with Crippen molar-refractivity contribution in [2.75, 3.05) is 7.11 Å². The first kappa shape index (κ1) is 17.3. The van der Waals surface area contributed by atoms with Crippen LogP contribution in [-0.2, 0) is 6.54 Å². The third kappa shape index (κ3) is 4.68. The van der Waals surface area contributed by atoms with Gasteiger partial charge in [0, 0.05) is 5.56 Å². The number of aromatic nitrogens is 4. The van der Waals surface area contributed by atoms with Crippen molar-refractivity contribution in [3.63, 3.8) is 0 Å². The smallest absolute Gasteiger partial charge is 0.408 e. The maximum atomic E-state index is 12.4. The van der Waals surface area contributed by atoms with Crippen LogP contribution in [0, 0.1) is 0 Å². The first-order valence-corrected chi connectivity index (χ1v) is 7.36. The molecule has 0 aliphatic rings. The highest BCUT2D eigenvalue weighted by Gasteiger charge is 2.31. The van der Waals surface area contributed by atoms with Crippen LogP contribution >= 0.6 is 11.8 Å². The monoisotopic (exact) mass is 346 g/mol. The lowest BCUT2D eigenvalue weighted by molar-refractivity contribution is -0.144. The van der Waals surface area contributed by atoms with Crippen LogP contribution < -0.4 is 4.74 Å². The van der Waals surface area contributed by atoms with Gasteiger partial charge in [-0.05, 0) is 41.6 Å². The predicted octanol–water partition coefficient (Wildman–Crippen LogP) is 2.61. The van der Waals surface area contributed by atoms with Crippen molar-refractivity contribution in [3.05, 3.63) is 29.8 Å². The molecule has 6 nitrogen and oxygen atoms in total. The number of nitrogens with zero attached hydrogens (tertiary/aromatic N) is 4. The summed E-state index contributed by atoms with van der Waals surface area (Å²) in [5.41, 5.74) is 0.431. The second-order valence-electron chi connectivity index (χ2n) is 4.59. The first-order chi connectivity index (χ1) is 10.8. The summed E-state index contributed by atoms with van der Waals surface area (Å²) in [6.45, 7) is 0.287. The zero-order chi connectivity index (χ0) is 17.0. The molecule has 10 heteroatoms. The van der Waals surface area contributed by atoms with E-state index in [1.807, 2.05) is 0 Å². The number of Topliss-reactive ketones (excluding diaryl/α,β-unsaturated/α-hetero) is 1. The molecule has 2 aromatic rings. The topological polar surface area (TPSA) is 69.9 Å². The summed E-state index contributed by atoms with van der Waals surface area (Å²) in [5.74, 6) is 0.371. The Morgan fingerprint density at radius 3 is 2.57 bits per heavy atom. The van der Waals surface area contributed by atoms with Crippen LogP contribution in [0.15, 0.2) is 29.4 Å². The highest BCUT2D eigenvalue weighted by molar-refractivity contribution is 8.00. The molecule has 1 aromatic carbocycles. The lowest BCUT2D eigenvalue weighted by Gasteiger charge is -2.11. The molecule has 0 unspecified atom stereocenters. The van der Waals surface area contributed by atoms with E-state index >= 15 is 0 Å². The summed E-state index contributed by atoms with van der Waals surface area (Å²) in [5, 5.41) is 9.36. The number of ketones is 1. The van der Waals surface area contributed by atoms with Gasteiger partial charge in [-0.15, -0.1) is 5.10 Å². The second kappa shape index (κ2) is 6.99. The minimum absolute atomic E-state index is 0.0586. The average molecular weight is 346 g/mol. The number of thioether (sulfide) groups is 1. The minimum atomic E-state index is -4.44. The second-order valence-corrected chi connectivity index (χ2v) is 5.90. The maximum absolute atomic E-state index is 12.4. The number of benzene rings is 1. The van der Waals surface area contributed by atoms with E-state index in [0.29, 0.717) is 16.0 Å². The molecule has 0 radical (unpaired) electrons. The molecule has 23 heavy (non-hydrogen) atoms. The molecular formula is C13H13F3N4O2S. The number of ether oxygens (including phenoxy) is 1. The largest absolute Gasteiger partial charge is 0.497 e. The summed E-state index contributed by atoms with van der Waals surface area (Å²) in [6.07, 6.45) is -4.44. The van der Waals surface area contributed by atoms with Crippen molar-refractivity contribution in [3.8, 4) is 5.75 Å². The van der Waals surface area contributed by atoms with E-state index in [0.717, 1.165) is 11.8 Å². The average Bonchev–Trinajstić information content (AvgIpc) is 2.91. The number of carbonyl (C=O) groups is 1. The van der Waals surface area contributed by atoms with Crippen LogP contribution in [-0.4, -0.2) is 44.5 Å². The Bertz CT molecular complexity index is 673. The van der Waals surface area contributed by atoms with Gasteiger partial charge >= 0.3 is 6.18 Å². The van der Waals surface area contributed by atoms with Gasteiger partial charge in [0.15, 0.2) is 5.78 Å². The van der Waals surface area contributed by atoms with Gasteiger partial charge in [-0.1, -0.05) is 11.8 Å². The minimum Gasteiger partial charge on any atom is -0.497 e. The molecule has 124 valence electrons. The zero-order valence-corrected chi connectivity index (χ0v) is 13.1. The highest BCUT2D eigenvalue weighted by atomic mass is 32.2. The summed E-state index contributed by atoms with van der Waals surface area (Å²) in [4.78, 5) is 12.3. The summed E-state index contributed by atoms with van der Waals surface area (Å²) in [7, 11) is 1.51. The van der Waals surface area contributed by atoms with Crippen molar-refractivity contribution in [2.24, 2.45) is 0 Å². The van der Waals surface area contributed by atoms with Crippen molar-refractivity contribution in [1.82, 2.24) is 20.2 Å². The Kier molecular flexibility index (Phi) is 5.24. The Labute approximate surface area is 134 Å². The standard InChI is InChI=1S/C13H13F3N4O2S/c1-8(11(21)9-3-5-10(22-2)6-4-9)23-12-17-18-19-20(12)7-13(14,15)16/h3-6,8H,7H2,1-2H3/t8-/m1/s1. The van der Waals surface area contributed by atoms with Crippen molar-refractivity contribution < 1.29 is 22.7 Å². The van der Waals surface area contributed by atoms with E-state index in [1.165, 1.54) is 7.11 Å². The number of alkyl halides is 3. The lowest BCUT2D eigenvalue weighted by atomic mass is 10.1. The van der Waals surface area contributed by atoms with Gasteiger partial charge in [0.1, 0.15) is 12.3 Å². The summed E-state index contributed by atoms with van der Waals surface area (Å²) >= 11 is 0.877. The molecule has 0 fully saturated rings. The molecule has 2 rings (SSSR count). The van der Waals surface area contributed by atoms with E-state index in [4.69, 9.17) is 4.74 Å². The molecule has 0 bridgehead atoms. The third-order valence-corrected chi connectivity index (χ3v) is 3.92. The van der Waals surface area contributed by atoms with E-state index in [2.05, 4.69) is 15.5 Å². The Morgan fingerprint density at radius 2 is 2.00 bits per heavy atom. The quantitative estimate of drug-likeness (QED) is 0.591. The number of rotatable bonds is 6. The van der Waals surface area contributed by atoms with Crippen molar-refractivity contribution >= 4 is 17.5 Å². The van der Waals surface area contributed by atoms with Gasteiger partial charge in [-0.2, -0.15) is 13.2 Å². The number of methoxy groups -OCH3 is 1. The molecule has 1 heterocycles. The van der Waals surface area contributed by atoms with E-state index < -0.39 is 18.0 Å². The molecule has 0 saturated heterocycles. The molecule has 0 N–H and O–H groups in total. The molecule has 0 aliphatic heterocycles. The Hall–Kier alpha value is -2.10. The Morgan fingerprint density at radius 1 is 1.35 bits per heavy atom. The fraction of sp³-hybridized carbons (Fsp3) is 0.385. The van der Waals surface area contributed by atoms with Crippen LogP contribution in [0.1, 0.15) is 17.3 Å². The van der Waals surface area contributed by atoms with E-state index in [-0.39, 0.29) is 10.9 Å². The van der Waals surface area contributed by atoms with Crippen LogP contribution in [0.2, 0.25) is 0 Å². The van der Waals surface area contributed by atoms with Gasteiger partial charge in [0.25, 0.3) is 0 Å². The lowest BCUT2D eigenvalue weighted by Crippen LogP contribution is -2.21. The van der Waals surface area contributed by atoms with Crippen LogP contribution in [0.25, 0.3) is 0 Å². The van der Waals surface area contributed by atoms with Gasteiger partial charge in [-0.3, -0.25) is 4.79 Å². The van der Waals surface area contributed by atoms with Gasteiger partial charge in [0.05, 0.1) is 12.4 Å². The molecule has 0 spiro atoms. The maximum Gasteiger partial charge on any atom is 0.408 e. The fourth-order valence-electron chi connectivity index (χ4n) is 1.75. The fourth-order valence-corrected chi connectivity index (χ4v) is 2.62. The zero-order valence-electron chi connectivity index (χ0n) is 12.2. The molecule has 0 aliphatic carbocycles. The molecule has 1 atom stereocenters. The molecule has 1 aromatic heterocycles. The van der Waals surface area contributed by atoms with E-state index in [1.54, 1.807) is 31.2 Å². The molecule has 0 amide bonds. The van der Waals surface area contributed by atoms with E-state index in [9.17, 15) is 18.0 Å². The Balaban J connectivity index is 2.08. The number of hydrogen-bond donors (Lipinski definition) is 0. The van der Waals surface area contributed by atoms with Crippen molar-refractivity contribution in [2.45, 2.75) is 30.1 Å². The van der Waals surface area contributed by atoms with Gasteiger partial charge < -0.3 is 4.74 Å². The van der Waals surface area contributed by atoms with Crippen LogP contribution in [0.3, 0.4) is 0 Å². The summed E-state index contributed by atoms with van der Waals surface area (Å²) in [6, 6.07) is 6.46. The molecular weight excluding hydrogens is 333 g/mol. The number of carbonyl (C=O) groups excluding carboxylic acids is 1. The number of tetrazole rings is 1. The SMILES string of the molecule is COc1ccc(C(=O)[C@@H](C)Sc2nnnn2CC(F)(F)F)cc1.